The van der Waals surface area contributed by atoms with Crippen LogP contribution in [0.15, 0.2) is 47.6 Å². The minimum Gasteiger partial charge on any atom is -0.337 e. The maximum atomic E-state index is 13.1. The van der Waals surface area contributed by atoms with Crippen molar-refractivity contribution in [1.29, 1.82) is 0 Å². The zero-order valence-corrected chi connectivity index (χ0v) is 11.3. The van der Waals surface area contributed by atoms with Crippen molar-refractivity contribution in [2.45, 2.75) is 11.4 Å². The second-order valence-corrected chi connectivity index (χ2v) is 4.67. The number of pyridine rings is 1. The molecule has 1 aromatic carbocycles. The lowest BCUT2D eigenvalue weighted by Crippen LogP contribution is -2.26. The molecule has 3 nitrogen and oxygen atoms in total. The number of benzene rings is 1. The van der Waals surface area contributed by atoms with Crippen LogP contribution in [0.3, 0.4) is 0 Å². The molecular formula is C14H13FN2OS. The first-order chi connectivity index (χ1) is 9.08. The van der Waals surface area contributed by atoms with Crippen molar-refractivity contribution in [2.24, 2.45) is 0 Å². The molecule has 1 heterocycles. The Bertz CT molecular complexity index is 589. The van der Waals surface area contributed by atoms with Crippen LogP contribution in [0, 0.1) is 5.82 Å². The first kappa shape index (κ1) is 13.5. The molecule has 0 fully saturated rings. The van der Waals surface area contributed by atoms with Gasteiger partial charge >= 0.3 is 0 Å². The van der Waals surface area contributed by atoms with Gasteiger partial charge in [0.1, 0.15) is 5.82 Å². The lowest BCUT2D eigenvalue weighted by atomic mass is 10.2. The van der Waals surface area contributed by atoms with Crippen LogP contribution in [-0.2, 0) is 6.54 Å². The molecule has 0 spiro atoms. The number of hydrogen-bond donors (Lipinski definition) is 1. The van der Waals surface area contributed by atoms with Gasteiger partial charge in [-0.2, -0.15) is 0 Å². The zero-order valence-electron chi connectivity index (χ0n) is 10.4. The smallest absolute Gasteiger partial charge is 0.253 e. The van der Waals surface area contributed by atoms with Gasteiger partial charge in [0.2, 0.25) is 0 Å². The fourth-order valence-corrected chi connectivity index (χ4v) is 1.92. The van der Waals surface area contributed by atoms with E-state index in [1.807, 2.05) is 12.1 Å². The number of amides is 1. The first-order valence-electron chi connectivity index (χ1n) is 5.71. The van der Waals surface area contributed by atoms with Gasteiger partial charge in [-0.05, 0) is 29.8 Å². The zero-order chi connectivity index (χ0) is 13.8. The Morgan fingerprint density at radius 2 is 2.21 bits per heavy atom. The average Bonchev–Trinajstić information content (AvgIpc) is 2.42. The van der Waals surface area contributed by atoms with Gasteiger partial charge < -0.3 is 4.90 Å². The Hall–Kier alpha value is -1.88. The van der Waals surface area contributed by atoms with Crippen molar-refractivity contribution in [3.63, 3.8) is 0 Å². The van der Waals surface area contributed by atoms with Crippen molar-refractivity contribution in [1.82, 2.24) is 9.88 Å². The maximum absolute atomic E-state index is 13.1. The van der Waals surface area contributed by atoms with Crippen LogP contribution in [-0.4, -0.2) is 22.8 Å². The largest absolute Gasteiger partial charge is 0.337 e. The molecule has 1 amide bonds. The number of aromatic nitrogens is 1. The molecule has 98 valence electrons. The third kappa shape index (κ3) is 3.32. The summed E-state index contributed by atoms with van der Waals surface area (Å²) in [5, 5.41) is 0. The monoisotopic (exact) mass is 276 g/mol. The minimum atomic E-state index is -0.435. The lowest BCUT2D eigenvalue weighted by Gasteiger charge is -2.17. The van der Waals surface area contributed by atoms with E-state index in [1.165, 1.54) is 18.2 Å². The Morgan fingerprint density at radius 3 is 2.84 bits per heavy atom. The van der Waals surface area contributed by atoms with Gasteiger partial charge in [0.05, 0.1) is 0 Å². The van der Waals surface area contributed by atoms with Crippen molar-refractivity contribution in [3.8, 4) is 0 Å². The average molecular weight is 276 g/mol. The Labute approximate surface area is 116 Å². The molecule has 0 radical (unpaired) electrons. The van der Waals surface area contributed by atoms with E-state index in [1.54, 1.807) is 24.3 Å². The highest BCUT2D eigenvalue weighted by molar-refractivity contribution is 7.80. The molecule has 0 aliphatic heterocycles. The molecule has 1 aromatic heterocycles. The van der Waals surface area contributed by atoms with Crippen molar-refractivity contribution in [2.75, 3.05) is 7.05 Å². The minimum absolute atomic E-state index is 0.167. The van der Waals surface area contributed by atoms with Crippen molar-refractivity contribution in [3.05, 3.63) is 59.7 Å². The molecule has 0 atom stereocenters. The number of nitrogens with zero attached hydrogens (tertiary/aromatic N) is 2. The second-order valence-electron chi connectivity index (χ2n) is 4.19. The van der Waals surface area contributed by atoms with E-state index in [4.69, 9.17) is 0 Å². The maximum Gasteiger partial charge on any atom is 0.253 e. The summed E-state index contributed by atoms with van der Waals surface area (Å²) in [6, 6.07) is 7.84. The summed E-state index contributed by atoms with van der Waals surface area (Å²) in [6.07, 6.45) is 3.39. The van der Waals surface area contributed by atoms with E-state index >= 15 is 0 Å². The number of thiol groups is 1. The second kappa shape index (κ2) is 5.84. The highest BCUT2D eigenvalue weighted by atomic mass is 32.1. The lowest BCUT2D eigenvalue weighted by molar-refractivity contribution is 0.0784. The molecular weight excluding hydrogens is 263 g/mol. The Morgan fingerprint density at radius 1 is 1.42 bits per heavy atom. The van der Waals surface area contributed by atoms with E-state index in [2.05, 4.69) is 17.6 Å². The van der Waals surface area contributed by atoms with Gasteiger partial charge in [-0.15, -0.1) is 12.6 Å². The molecule has 0 unspecified atom stereocenters. The fourth-order valence-electron chi connectivity index (χ4n) is 1.70. The van der Waals surface area contributed by atoms with Gasteiger partial charge in [0, 0.05) is 36.4 Å². The SMILES string of the molecule is CN(Cc1cccnc1)C(=O)c1ccc(F)c(S)c1. The molecule has 0 saturated heterocycles. The summed E-state index contributed by atoms with van der Waals surface area (Å²) in [4.78, 5) is 17.9. The predicted molar refractivity (Wildman–Crippen MR) is 73.7 cm³/mol. The first-order valence-corrected chi connectivity index (χ1v) is 6.15. The summed E-state index contributed by atoms with van der Waals surface area (Å²) in [7, 11) is 1.69. The fraction of sp³-hybridized carbons (Fsp3) is 0.143. The highest BCUT2D eigenvalue weighted by Crippen LogP contribution is 2.16. The van der Waals surface area contributed by atoms with Gasteiger partial charge in [0.15, 0.2) is 0 Å². The molecule has 0 bridgehead atoms. The van der Waals surface area contributed by atoms with Crippen molar-refractivity contribution < 1.29 is 9.18 Å². The number of rotatable bonds is 3. The normalized spacial score (nSPS) is 10.3. The van der Waals surface area contributed by atoms with Gasteiger partial charge in [-0.1, -0.05) is 6.07 Å². The topological polar surface area (TPSA) is 33.2 Å². The number of halogens is 1. The number of hydrogen-bond acceptors (Lipinski definition) is 3. The van der Waals surface area contributed by atoms with Gasteiger partial charge in [-0.25, -0.2) is 4.39 Å². The number of carbonyl (C=O) groups excluding carboxylic acids is 1. The molecule has 2 aromatic rings. The van der Waals surface area contributed by atoms with Crippen LogP contribution in [0.25, 0.3) is 0 Å². The quantitative estimate of drug-likeness (QED) is 0.874. The van der Waals surface area contributed by atoms with Crippen LogP contribution in [0.1, 0.15) is 15.9 Å². The van der Waals surface area contributed by atoms with Crippen LogP contribution < -0.4 is 0 Å². The summed E-state index contributed by atoms with van der Waals surface area (Å²) < 4.78 is 13.1. The molecule has 0 aliphatic carbocycles. The van der Waals surface area contributed by atoms with E-state index in [-0.39, 0.29) is 10.8 Å². The third-order valence-electron chi connectivity index (χ3n) is 2.68. The van der Waals surface area contributed by atoms with Gasteiger partial charge in [-0.3, -0.25) is 9.78 Å². The molecule has 5 heteroatoms. The third-order valence-corrected chi connectivity index (χ3v) is 3.03. The molecule has 0 aliphatic rings. The van der Waals surface area contributed by atoms with E-state index in [9.17, 15) is 9.18 Å². The predicted octanol–water partition coefficient (Wildman–Crippen LogP) is 2.78. The van der Waals surface area contributed by atoms with Gasteiger partial charge in [0.25, 0.3) is 5.91 Å². The molecule has 0 saturated carbocycles. The van der Waals surface area contributed by atoms with Crippen molar-refractivity contribution >= 4 is 18.5 Å². The summed E-state index contributed by atoms with van der Waals surface area (Å²) >= 11 is 3.97. The van der Waals surface area contributed by atoms with E-state index < -0.39 is 5.82 Å². The standard InChI is InChI=1S/C14H13FN2OS/c1-17(9-10-3-2-6-16-8-10)14(18)11-4-5-12(15)13(19)7-11/h2-8,19H,9H2,1H3. The highest BCUT2D eigenvalue weighted by Gasteiger charge is 2.13. The molecule has 2 rings (SSSR count). The summed E-state index contributed by atoms with van der Waals surface area (Å²) in [5.41, 5.74) is 1.35. The van der Waals surface area contributed by atoms with Crippen LogP contribution in [0.4, 0.5) is 4.39 Å². The molecule has 19 heavy (non-hydrogen) atoms. The van der Waals surface area contributed by atoms with Crippen LogP contribution in [0.2, 0.25) is 0 Å². The Balaban J connectivity index is 2.12. The Kier molecular flexibility index (Phi) is 4.16. The number of carbonyl (C=O) groups is 1. The van der Waals surface area contributed by atoms with Crippen LogP contribution >= 0.6 is 12.6 Å². The molecule has 0 N–H and O–H groups in total. The van der Waals surface area contributed by atoms with E-state index in [0.717, 1.165) is 5.56 Å². The summed E-state index contributed by atoms with van der Waals surface area (Å²) in [5.74, 6) is -0.617. The van der Waals surface area contributed by atoms with Crippen LogP contribution in [0.5, 0.6) is 0 Å². The summed E-state index contributed by atoms with van der Waals surface area (Å²) in [6.45, 7) is 0.450. The van der Waals surface area contributed by atoms with E-state index in [0.29, 0.717) is 12.1 Å².